The number of rotatable bonds is 8. The molecular formula is C14H27BClO3-. The summed E-state index contributed by atoms with van der Waals surface area (Å²) < 4.78 is 17.6. The molecular weight excluding hydrogens is 262 g/mol. The number of hydrogen-bond acceptors (Lipinski definition) is 3. The second-order valence-corrected chi connectivity index (χ2v) is 5.69. The highest BCUT2D eigenvalue weighted by molar-refractivity contribution is 6.69. The Morgan fingerprint density at radius 1 is 0.895 bits per heavy atom. The Bertz CT molecular complexity index is 268. The third kappa shape index (κ3) is 9.35. The normalized spacial score (nSPS) is 12.1. The molecule has 0 amide bonds. The summed E-state index contributed by atoms with van der Waals surface area (Å²) in [5.74, 6) is 6.72. The summed E-state index contributed by atoms with van der Waals surface area (Å²) in [4.78, 5) is 0. The SMILES string of the molecule is CC(C)O[B-](C#CCCCCl)(OC(C)C)OC(C)C. The minimum atomic E-state index is -2.03. The molecule has 5 heteroatoms. The molecule has 0 aliphatic rings. The lowest BCUT2D eigenvalue weighted by atomic mass is 9.77. The van der Waals surface area contributed by atoms with Gasteiger partial charge in [-0.3, -0.25) is 0 Å². The monoisotopic (exact) mass is 289 g/mol. The zero-order chi connectivity index (χ0) is 14.9. The van der Waals surface area contributed by atoms with Crippen LogP contribution >= 0.6 is 11.6 Å². The zero-order valence-corrected chi connectivity index (χ0v) is 13.8. The molecule has 0 aliphatic carbocycles. The Labute approximate surface area is 123 Å². The first-order valence-corrected chi connectivity index (χ1v) is 7.57. The summed E-state index contributed by atoms with van der Waals surface area (Å²) in [6, 6.07) is 0. The summed E-state index contributed by atoms with van der Waals surface area (Å²) in [6.45, 7) is 9.66. The van der Waals surface area contributed by atoms with E-state index in [-0.39, 0.29) is 18.3 Å². The molecule has 0 unspecified atom stereocenters. The van der Waals surface area contributed by atoms with Crippen LogP contribution in [0.25, 0.3) is 0 Å². The smallest absolute Gasteiger partial charge is 0.457 e. The van der Waals surface area contributed by atoms with E-state index in [2.05, 4.69) is 11.7 Å². The molecule has 0 aliphatic heterocycles. The standard InChI is InChI=1S/C14H27BClO3/c1-12(2)17-15(18-13(3)4,19-14(5)6)10-8-7-9-11-16/h12-14H,7,9,11H2,1-6H3/q-1. The van der Waals surface area contributed by atoms with Crippen LogP contribution in [0, 0.1) is 11.7 Å². The molecule has 0 spiro atoms. The third-order valence-electron chi connectivity index (χ3n) is 2.07. The summed E-state index contributed by atoms with van der Waals surface area (Å²) in [7, 11) is 0. The van der Waals surface area contributed by atoms with E-state index in [1.807, 2.05) is 41.5 Å². The summed E-state index contributed by atoms with van der Waals surface area (Å²) >= 11 is 5.65. The third-order valence-corrected chi connectivity index (χ3v) is 2.34. The first-order chi connectivity index (χ1) is 8.81. The fourth-order valence-electron chi connectivity index (χ4n) is 1.63. The van der Waals surface area contributed by atoms with Crippen LogP contribution in [0.2, 0.25) is 0 Å². The molecule has 19 heavy (non-hydrogen) atoms. The van der Waals surface area contributed by atoms with E-state index in [0.29, 0.717) is 5.88 Å². The molecule has 0 bridgehead atoms. The Balaban J connectivity index is 5.02. The summed E-state index contributed by atoms with van der Waals surface area (Å²) in [5.41, 5.74) is 0. The minimum Gasteiger partial charge on any atom is -0.532 e. The maximum Gasteiger partial charge on any atom is 0.457 e. The van der Waals surface area contributed by atoms with Crippen molar-refractivity contribution in [3.8, 4) is 11.7 Å². The highest BCUT2D eigenvalue weighted by Crippen LogP contribution is 2.16. The molecule has 112 valence electrons. The van der Waals surface area contributed by atoms with Gasteiger partial charge >= 0.3 is 6.75 Å². The Kier molecular flexibility index (Phi) is 9.56. The maximum atomic E-state index is 5.85. The second-order valence-electron chi connectivity index (χ2n) is 5.31. The Hall–Kier alpha value is -0.205. The number of alkyl halides is 1. The predicted octanol–water partition coefficient (Wildman–Crippen LogP) is 3.76. The average Bonchev–Trinajstić information content (AvgIpc) is 2.21. The molecule has 3 nitrogen and oxygen atoms in total. The van der Waals surface area contributed by atoms with Gasteiger partial charge in [0.1, 0.15) is 0 Å². The van der Waals surface area contributed by atoms with Crippen molar-refractivity contribution in [1.29, 1.82) is 0 Å². The molecule has 0 radical (unpaired) electrons. The van der Waals surface area contributed by atoms with E-state index in [1.165, 1.54) is 0 Å². The van der Waals surface area contributed by atoms with Crippen molar-refractivity contribution in [3.05, 3.63) is 0 Å². The van der Waals surface area contributed by atoms with Crippen molar-refractivity contribution in [2.45, 2.75) is 72.7 Å². The van der Waals surface area contributed by atoms with Crippen molar-refractivity contribution >= 4 is 18.4 Å². The van der Waals surface area contributed by atoms with Crippen LogP contribution in [0.5, 0.6) is 0 Å². The van der Waals surface area contributed by atoms with Gasteiger partial charge in [-0.15, -0.1) is 17.5 Å². The van der Waals surface area contributed by atoms with E-state index >= 15 is 0 Å². The van der Waals surface area contributed by atoms with Gasteiger partial charge in [-0.25, -0.2) is 5.82 Å². The first-order valence-electron chi connectivity index (χ1n) is 7.04. The molecule has 0 heterocycles. The number of hydrogen-bond donors (Lipinski definition) is 0. The van der Waals surface area contributed by atoms with Crippen molar-refractivity contribution in [2.75, 3.05) is 5.88 Å². The van der Waals surface area contributed by atoms with Crippen LogP contribution < -0.4 is 0 Å². The van der Waals surface area contributed by atoms with E-state index in [0.717, 1.165) is 12.8 Å². The van der Waals surface area contributed by atoms with Gasteiger partial charge in [0, 0.05) is 30.6 Å². The predicted molar refractivity (Wildman–Crippen MR) is 82.1 cm³/mol. The largest absolute Gasteiger partial charge is 0.532 e. The van der Waals surface area contributed by atoms with Crippen LogP contribution in [0.15, 0.2) is 0 Å². The van der Waals surface area contributed by atoms with Gasteiger partial charge in [-0.05, 0) is 48.0 Å². The van der Waals surface area contributed by atoms with Crippen molar-refractivity contribution in [1.82, 2.24) is 0 Å². The van der Waals surface area contributed by atoms with E-state index < -0.39 is 6.75 Å². The van der Waals surface area contributed by atoms with Gasteiger partial charge < -0.3 is 14.0 Å². The van der Waals surface area contributed by atoms with Gasteiger partial charge in [0.05, 0.1) is 0 Å². The van der Waals surface area contributed by atoms with Gasteiger partial charge in [-0.2, -0.15) is 0 Å². The number of unbranched alkanes of at least 4 members (excludes halogenated alkanes) is 1. The molecule has 0 saturated heterocycles. The summed E-state index contributed by atoms with van der Waals surface area (Å²) in [6.07, 6.45) is 1.53. The molecule has 0 atom stereocenters. The summed E-state index contributed by atoms with van der Waals surface area (Å²) in [5, 5.41) is 0. The number of halogens is 1. The lowest BCUT2D eigenvalue weighted by Gasteiger charge is -2.42. The van der Waals surface area contributed by atoms with Crippen molar-refractivity contribution < 1.29 is 14.0 Å². The lowest BCUT2D eigenvalue weighted by molar-refractivity contribution is 0.0163. The van der Waals surface area contributed by atoms with Gasteiger partial charge in [0.2, 0.25) is 0 Å². The molecule has 0 aromatic heterocycles. The molecule has 0 N–H and O–H groups in total. The molecule has 0 fully saturated rings. The topological polar surface area (TPSA) is 27.7 Å². The second kappa shape index (κ2) is 9.66. The van der Waals surface area contributed by atoms with Crippen LogP contribution in [0.4, 0.5) is 0 Å². The van der Waals surface area contributed by atoms with Gasteiger partial charge in [0.25, 0.3) is 0 Å². The van der Waals surface area contributed by atoms with Gasteiger partial charge in [-0.1, -0.05) is 0 Å². The first kappa shape index (κ1) is 18.8. The highest BCUT2D eigenvalue weighted by atomic mass is 35.5. The Morgan fingerprint density at radius 2 is 1.32 bits per heavy atom. The van der Waals surface area contributed by atoms with Crippen LogP contribution in [-0.4, -0.2) is 30.9 Å². The van der Waals surface area contributed by atoms with Crippen molar-refractivity contribution in [3.63, 3.8) is 0 Å². The fourth-order valence-corrected chi connectivity index (χ4v) is 1.76. The van der Waals surface area contributed by atoms with Crippen LogP contribution in [-0.2, 0) is 14.0 Å². The highest BCUT2D eigenvalue weighted by Gasteiger charge is 2.30. The van der Waals surface area contributed by atoms with Crippen molar-refractivity contribution in [2.24, 2.45) is 0 Å². The average molecular weight is 290 g/mol. The molecule has 0 saturated carbocycles. The fraction of sp³-hybridized carbons (Fsp3) is 0.857. The van der Waals surface area contributed by atoms with Crippen LogP contribution in [0.3, 0.4) is 0 Å². The van der Waals surface area contributed by atoms with Crippen LogP contribution in [0.1, 0.15) is 54.4 Å². The van der Waals surface area contributed by atoms with E-state index in [9.17, 15) is 0 Å². The zero-order valence-electron chi connectivity index (χ0n) is 13.0. The Morgan fingerprint density at radius 3 is 1.63 bits per heavy atom. The van der Waals surface area contributed by atoms with Gasteiger partial charge in [0.15, 0.2) is 0 Å². The van der Waals surface area contributed by atoms with E-state index in [4.69, 9.17) is 25.6 Å². The minimum absolute atomic E-state index is 0.0140. The molecule has 0 aromatic rings. The quantitative estimate of drug-likeness (QED) is 0.295. The van der Waals surface area contributed by atoms with E-state index in [1.54, 1.807) is 0 Å². The maximum absolute atomic E-state index is 5.85. The lowest BCUT2D eigenvalue weighted by Crippen LogP contribution is -2.50. The molecule has 0 aromatic carbocycles. The molecule has 0 rings (SSSR count).